The van der Waals surface area contributed by atoms with Crippen molar-refractivity contribution in [1.29, 1.82) is 0 Å². The Bertz CT molecular complexity index is 221. The lowest BCUT2D eigenvalue weighted by molar-refractivity contribution is 0.0769. The lowest BCUT2D eigenvalue weighted by Crippen LogP contribution is -2.56. The van der Waals surface area contributed by atoms with E-state index >= 15 is 0 Å². The van der Waals surface area contributed by atoms with E-state index in [0.717, 1.165) is 19.4 Å². The molecule has 4 heteroatoms. The number of nitrogens with two attached hydrogens (primary N) is 1. The molecule has 0 aromatic rings. The van der Waals surface area contributed by atoms with E-state index in [2.05, 4.69) is 38.0 Å². The van der Waals surface area contributed by atoms with Crippen molar-refractivity contribution >= 4 is 0 Å². The third-order valence-electron chi connectivity index (χ3n) is 3.24. The SMILES string of the molecule is C=CC(N)C(NC(O)C(C)NCCCC)C(C)C. The van der Waals surface area contributed by atoms with Gasteiger partial charge in [-0.3, -0.25) is 5.32 Å². The Balaban J connectivity index is 4.23. The summed E-state index contributed by atoms with van der Waals surface area (Å²) in [6, 6.07) is -0.106. The van der Waals surface area contributed by atoms with Gasteiger partial charge in [-0.15, -0.1) is 6.58 Å². The molecule has 0 aromatic heterocycles. The Labute approximate surface area is 112 Å². The molecule has 0 aliphatic carbocycles. The molecule has 0 heterocycles. The highest BCUT2D eigenvalue weighted by Crippen LogP contribution is 2.07. The minimum atomic E-state index is -0.597. The molecule has 0 rings (SSSR count). The first-order chi connectivity index (χ1) is 8.43. The van der Waals surface area contributed by atoms with Gasteiger partial charge in [0, 0.05) is 18.1 Å². The summed E-state index contributed by atoms with van der Waals surface area (Å²) in [4.78, 5) is 0. The molecule has 0 saturated carbocycles. The van der Waals surface area contributed by atoms with E-state index < -0.39 is 6.23 Å². The van der Waals surface area contributed by atoms with Crippen LogP contribution in [0, 0.1) is 5.92 Å². The van der Waals surface area contributed by atoms with E-state index in [4.69, 9.17) is 5.73 Å². The second-order valence-electron chi connectivity index (χ2n) is 5.29. The van der Waals surface area contributed by atoms with Crippen molar-refractivity contribution in [3.8, 4) is 0 Å². The first-order valence-electron chi connectivity index (χ1n) is 6.99. The zero-order valence-corrected chi connectivity index (χ0v) is 12.3. The van der Waals surface area contributed by atoms with Gasteiger partial charge in [-0.05, 0) is 25.8 Å². The van der Waals surface area contributed by atoms with Gasteiger partial charge >= 0.3 is 0 Å². The topological polar surface area (TPSA) is 70.3 Å². The normalized spacial score (nSPS) is 18.4. The first-order valence-corrected chi connectivity index (χ1v) is 6.99. The van der Waals surface area contributed by atoms with Crippen LogP contribution in [0.4, 0.5) is 0 Å². The molecule has 0 aliphatic rings. The smallest absolute Gasteiger partial charge is 0.120 e. The first kappa shape index (κ1) is 17.6. The summed E-state index contributed by atoms with van der Waals surface area (Å²) in [5.41, 5.74) is 5.98. The standard InChI is InChI=1S/C14H31N3O/c1-6-8-9-16-11(5)14(18)17-13(10(3)4)12(15)7-2/h7,10-14,16-18H,2,6,8-9,15H2,1,3-5H3. The number of hydrogen-bond acceptors (Lipinski definition) is 4. The number of aliphatic hydroxyl groups is 1. The van der Waals surface area contributed by atoms with E-state index in [9.17, 15) is 5.11 Å². The minimum Gasteiger partial charge on any atom is -0.377 e. The molecule has 0 radical (unpaired) electrons. The van der Waals surface area contributed by atoms with E-state index in [1.54, 1.807) is 6.08 Å². The minimum absolute atomic E-state index is 0.00909. The van der Waals surface area contributed by atoms with Crippen molar-refractivity contribution in [2.45, 2.75) is 64.9 Å². The van der Waals surface area contributed by atoms with Crippen LogP contribution >= 0.6 is 0 Å². The van der Waals surface area contributed by atoms with Crippen LogP contribution in [0.2, 0.25) is 0 Å². The highest BCUT2D eigenvalue weighted by Gasteiger charge is 2.23. The van der Waals surface area contributed by atoms with Gasteiger partial charge < -0.3 is 16.2 Å². The summed E-state index contributed by atoms with van der Waals surface area (Å²) < 4.78 is 0. The molecule has 0 amide bonds. The maximum Gasteiger partial charge on any atom is 0.120 e. The van der Waals surface area contributed by atoms with E-state index in [0.29, 0.717) is 5.92 Å². The molecule has 5 N–H and O–H groups in total. The van der Waals surface area contributed by atoms with Crippen molar-refractivity contribution in [3.05, 3.63) is 12.7 Å². The number of hydrogen-bond donors (Lipinski definition) is 4. The van der Waals surface area contributed by atoms with E-state index in [1.807, 2.05) is 6.92 Å². The molecule has 4 nitrogen and oxygen atoms in total. The zero-order valence-electron chi connectivity index (χ0n) is 12.3. The quantitative estimate of drug-likeness (QED) is 0.270. The van der Waals surface area contributed by atoms with Crippen LogP contribution in [0.5, 0.6) is 0 Å². The summed E-state index contributed by atoms with van der Waals surface area (Å²) in [6.45, 7) is 12.9. The summed E-state index contributed by atoms with van der Waals surface area (Å²) in [6.07, 6.45) is 3.40. The number of nitrogens with one attached hydrogen (secondary N) is 2. The number of unbranched alkanes of at least 4 members (excludes halogenated alkanes) is 1. The lowest BCUT2D eigenvalue weighted by atomic mass is 9.96. The van der Waals surface area contributed by atoms with Crippen molar-refractivity contribution in [3.63, 3.8) is 0 Å². The fourth-order valence-corrected chi connectivity index (χ4v) is 1.85. The van der Waals surface area contributed by atoms with Crippen LogP contribution in [0.3, 0.4) is 0 Å². The van der Waals surface area contributed by atoms with Gasteiger partial charge in [-0.1, -0.05) is 33.3 Å². The molecule has 18 heavy (non-hydrogen) atoms. The molecular weight excluding hydrogens is 226 g/mol. The Morgan fingerprint density at radius 2 is 1.94 bits per heavy atom. The third-order valence-corrected chi connectivity index (χ3v) is 3.24. The lowest BCUT2D eigenvalue weighted by Gasteiger charge is -2.31. The largest absolute Gasteiger partial charge is 0.377 e. The highest BCUT2D eigenvalue weighted by atomic mass is 16.3. The van der Waals surface area contributed by atoms with Crippen LogP contribution in [0.25, 0.3) is 0 Å². The highest BCUT2D eigenvalue weighted by molar-refractivity contribution is 4.95. The number of aliphatic hydroxyl groups excluding tert-OH is 1. The Kier molecular flexibility index (Phi) is 9.28. The van der Waals surface area contributed by atoms with Gasteiger partial charge in [0.2, 0.25) is 0 Å². The molecule has 108 valence electrons. The van der Waals surface area contributed by atoms with Gasteiger partial charge in [-0.25, -0.2) is 0 Å². The summed E-state index contributed by atoms with van der Waals surface area (Å²) in [7, 11) is 0. The van der Waals surface area contributed by atoms with Crippen LogP contribution in [0.1, 0.15) is 40.5 Å². The molecule has 0 fully saturated rings. The van der Waals surface area contributed by atoms with E-state index in [-0.39, 0.29) is 18.1 Å². The maximum atomic E-state index is 10.1. The van der Waals surface area contributed by atoms with Gasteiger partial charge in [0.05, 0.1) is 0 Å². The van der Waals surface area contributed by atoms with Crippen molar-refractivity contribution in [1.82, 2.24) is 10.6 Å². The van der Waals surface area contributed by atoms with Gasteiger partial charge in [0.15, 0.2) is 0 Å². The Hall–Kier alpha value is -0.420. The predicted octanol–water partition coefficient (Wildman–Crippen LogP) is 1.21. The molecule has 4 unspecified atom stereocenters. The summed E-state index contributed by atoms with van der Waals surface area (Å²) in [5.74, 6) is 0.343. The average molecular weight is 257 g/mol. The van der Waals surface area contributed by atoms with Crippen LogP contribution < -0.4 is 16.4 Å². The number of rotatable bonds is 10. The van der Waals surface area contributed by atoms with Gasteiger partial charge in [-0.2, -0.15) is 0 Å². The molecule has 0 spiro atoms. The molecular formula is C14H31N3O. The maximum absolute atomic E-state index is 10.1. The molecule has 4 atom stereocenters. The molecule has 0 bridgehead atoms. The van der Waals surface area contributed by atoms with Crippen molar-refractivity contribution in [2.75, 3.05) is 6.54 Å². The van der Waals surface area contributed by atoms with E-state index in [1.165, 1.54) is 0 Å². The molecule has 0 saturated heterocycles. The third kappa shape index (κ3) is 6.50. The second kappa shape index (κ2) is 9.50. The van der Waals surface area contributed by atoms with Gasteiger partial charge in [0.1, 0.15) is 6.23 Å². The van der Waals surface area contributed by atoms with Gasteiger partial charge in [0.25, 0.3) is 0 Å². The Morgan fingerprint density at radius 3 is 2.39 bits per heavy atom. The van der Waals surface area contributed by atoms with Crippen LogP contribution in [-0.2, 0) is 0 Å². The second-order valence-corrected chi connectivity index (χ2v) is 5.29. The monoisotopic (exact) mass is 257 g/mol. The summed E-state index contributed by atoms with van der Waals surface area (Å²) in [5, 5.41) is 16.6. The van der Waals surface area contributed by atoms with Crippen LogP contribution in [-0.4, -0.2) is 36.0 Å². The Morgan fingerprint density at radius 1 is 1.33 bits per heavy atom. The molecule has 0 aliphatic heterocycles. The zero-order chi connectivity index (χ0) is 14.1. The van der Waals surface area contributed by atoms with Crippen molar-refractivity contribution in [2.24, 2.45) is 11.7 Å². The fraction of sp³-hybridized carbons (Fsp3) is 0.857. The van der Waals surface area contributed by atoms with Crippen LogP contribution in [0.15, 0.2) is 12.7 Å². The fourth-order valence-electron chi connectivity index (χ4n) is 1.85. The summed E-state index contributed by atoms with van der Waals surface area (Å²) >= 11 is 0. The average Bonchev–Trinajstić information content (AvgIpc) is 2.34. The van der Waals surface area contributed by atoms with Crippen molar-refractivity contribution < 1.29 is 5.11 Å². The molecule has 0 aromatic carbocycles. The predicted molar refractivity (Wildman–Crippen MR) is 78.3 cm³/mol.